The van der Waals surface area contributed by atoms with Gasteiger partial charge in [-0.05, 0) is 44.0 Å². The van der Waals surface area contributed by atoms with Gasteiger partial charge in [0.25, 0.3) is 0 Å². The van der Waals surface area contributed by atoms with Crippen LogP contribution in [0.5, 0.6) is 0 Å². The van der Waals surface area contributed by atoms with E-state index in [0.29, 0.717) is 25.2 Å². The summed E-state index contributed by atoms with van der Waals surface area (Å²) in [6.07, 6.45) is 1.82. The second kappa shape index (κ2) is 10.1. The van der Waals surface area contributed by atoms with Crippen LogP contribution in [0, 0.1) is 0 Å². The third kappa shape index (κ3) is 7.74. The van der Waals surface area contributed by atoms with E-state index in [4.69, 9.17) is 4.74 Å². The number of rotatable bonds is 9. The van der Waals surface area contributed by atoms with Crippen molar-refractivity contribution in [2.45, 2.75) is 37.1 Å². The first kappa shape index (κ1) is 18.3. The number of ether oxygens (including phenoxy) is 1. The largest absolute Gasteiger partial charge is 0.385 e. The molecule has 6 heteroatoms. The van der Waals surface area contributed by atoms with Gasteiger partial charge in [0, 0.05) is 41.3 Å². The molecular weight excluding hydrogens is 354 g/mol. The van der Waals surface area contributed by atoms with Gasteiger partial charge < -0.3 is 10.1 Å². The van der Waals surface area contributed by atoms with E-state index in [2.05, 4.69) is 21.2 Å². The summed E-state index contributed by atoms with van der Waals surface area (Å²) in [7, 11) is 0.598. The molecule has 0 radical (unpaired) electrons. The van der Waals surface area contributed by atoms with Gasteiger partial charge in [-0.3, -0.25) is 9.00 Å². The maximum absolute atomic E-state index is 12.0. The predicted octanol–water partition coefficient (Wildman–Crippen LogP) is 2.88. The first-order valence-electron chi connectivity index (χ1n) is 6.95. The number of carbonyl (C=O) groups excluding carboxylic acids is 1. The van der Waals surface area contributed by atoms with Gasteiger partial charge in [0.05, 0.1) is 10.8 Å². The zero-order chi connectivity index (χ0) is 15.7. The lowest BCUT2D eigenvalue weighted by Crippen LogP contribution is -2.33. The number of carbonyl (C=O) groups is 1. The molecule has 0 aliphatic rings. The Balaban J connectivity index is 2.25. The van der Waals surface area contributed by atoms with Crippen molar-refractivity contribution in [1.29, 1.82) is 0 Å². The smallest absolute Gasteiger partial charge is 0.220 e. The van der Waals surface area contributed by atoms with Crippen LogP contribution in [0.25, 0.3) is 0 Å². The highest BCUT2D eigenvalue weighted by Crippen LogP contribution is 2.14. The molecule has 0 aliphatic heterocycles. The van der Waals surface area contributed by atoms with Crippen molar-refractivity contribution in [3.63, 3.8) is 0 Å². The van der Waals surface area contributed by atoms with E-state index in [-0.39, 0.29) is 11.9 Å². The Hall–Kier alpha value is -0.720. The summed E-state index contributed by atoms with van der Waals surface area (Å²) in [6, 6.07) is 7.53. The number of methoxy groups -OCH3 is 1. The van der Waals surface area contributed by atoms with Crippen molar-refractivity contribution in [3.8, 4) is 0 Å². The van der Waals surface area contributed by atoms with Crippen LogP contribution in [0.1, 0.15) is 26.2 Å². The van der Waals surface area contributed by atoms with Crippen molar-refractivity contribution < 1.29 is 13.7 Å². The van der Waals surface area contributed by atoms with Crippen LogP contribution in [0.4, 0.5) is 0 Å². The molecule has 0 aliphatic carbocycles. The normalized spacial score (nSPS) is 13.7. The highest BCUT2D eigenvalue weighted by molar-refractivity contribution is 9.10. The van der Waals surface area contributed by atoms with Gasteiger partial charge in [0.15, 0.2) is 0 Å². The topological polar surface area (TPSA) is 55.4 Å². The Labute approximate surface area is 137 Å². The monoisotopic (exact) mass is 375 g/mol. The van der Waals surface area contributed by atoms with Gasteiger partial charge in [0.2, 0.25) is 5.91 Å². The molecule has 4 nitrogen and oxygen atoms in total. The number of hydrogen-bond donors (Lipinski definition) is 1. The SMILES string of the molecule is COCCC(C)NC(=O)CCCS(=O)c1ccc(Br)cc1. The van der Waals surface area contributed by atoms with Crippen LogP contribution in [-0.4, -0.2) is 35.6 Å². The Kier molecular flexibility index (Phi) is 8.80. The lowest BCUT2D eigenvalue weighted by atomic mass is 10.2. The molecule has 2 unspecified atom stereocenters. The number of hydrogen-bond acceptors (Lipinski definition) is 3. The molecule has 0 heterocycles. The Morgan fingerprint density at radius 2 is 2.05 bits per heavy atom. The van der Waals surface area contributed by atoms with Crippen LogP contribution >= 0.6 is 15.9 Å². The van der Waals surface area contributed by atoms with Gasteiger partial charge in [0.1, 0.15) is 0 Å². The van der Waals surface area contributed by atoms with E-state index in [0.717, 1.165) is 15.8 Å². The standard InChI is InChI=1S/C15H22BrNO3S/c1-12(9-10-20-2)17-15(18)4-3-11-21(19)14-7-5-13(16)6-8-14/h5-8,12H,3-4,9-11H2,1-2H3,(H,17,18). The molecule has 1 aromatic rings. The molecular formula is C15H22BrNO3S. The fraction of sp³-hybridized carbons (Fsp3) is 0.533. The molecule has 21 heavy (non-hydrogen) atoms. The van der Waals surface area contributed by atoms with E-state index >= 15 is 0 Å². The Bertz CT molecular complexity index is 464. The molecule has 1 rings (SSSR count). The van der Waals surface area contributed by atoms with E-state index in [1.165, 1.54) is 0 Å². The predicted molar refractivity (Wildman–Crippen MR) is 88.7 cm³/mol. The Morgan fingerprint density at radius 1 is 1.38 bits per heavy atom. The van der Waals surface area contributed by atoms with Crippen LogP contribution < -0.4 is 5.32 Å². The quantitative estimate of drug-likeness (QED) is 0.721. The number of amides is 1. The maximum atomic E-state index is 12.0. The third-order valence-corrected chi connectivity index (χ3v) is 4.96. The highest BCUT2D eigenvalue weighted by atomic mass is 79.9. The minimum atomic E-state index is -1.05. The lowest BCUT2D eigenvalue weighted by Gasteiger charge is -2.13. The van der Waals surface area contributed by atoms with Gasteiger partial charge in [-0.2, -0.15) is 0 Å². The molecule has 0 saturated heterocycles. The Morgan fingerprint density at radius 3 is 2.67 bits per heavy atom. The first-order chi connectivity index (χ1) is 10.0. The summed E-state index contributed by atoms with van der Waals surface area (Å²) >= 11 is 3.35. The maximum Gasteiger partial charge on any atom is 0.220 e. The molecule has 1 N–H and O–H groups in total. The second-order valence-corrected chi connectivity index (χ2v) is 7.34. The van der Waals surface area contributed by atoms with Crippen molar-refractivity contribution in [3.05, 3.63) is 28.7 Å². The van der Waals surface area contributed by atoms with E-state index in [1.807, 2.05) is 31.2 Å². The van der Waals surface area contributed by atoms with Gasteiger partial charge in [-0.1, -0.05) is 15.9 Å². The van der Waals surface area contributed by atoms with Crippen LogP contribution in [0.15, 0.2) is 33.6 Å². The van der Waals surface area contributed by atoms with E-state index < -0.39 is 10.8 Å². The molecule has 1 amide bonds. The van der Waals surface area contributed by atoms with Crippen molar-refractivity contribution in [2.75, 3.05) is 19.5 Å². The first-order valence-corrected chi connectivity index (χ1v) is 9.06. The number of benzene rings is 1. The van der Waals surface area contributed by atoms with Gasteiger partial charge in [-0.15, -0.1) is 0 Å². The number of nitrogens with one attached hydrogen (secondary N) is 1. The second-order valence-electron chi connectivity index (χ2n) is 4.86. The highest BCUT2D eigenvalue weighted by Gasteiger charge is 2.09. The fourth-order valence-corrected chi connectivity index (χ4v) is 3.13. The van der Waals surface area contributed by atoms with Crippen LogP contribution in [0.3, 0.4) is 0 Å². The lowest BCUT2D eigenvalue weighted by molar-refractivity contribution is -0.121. The summed E-state index contributed by atoms with van der Waals surface area (Å²) in [5.41, 5.74) is 0. The summed E-state index contributed by atoms with van der Waals surface area (Å²) in [4.78, 5) is 12.5. The van der Waals surface area contributed by atoms with E-state index in [9.17, 15) is 9.00 Å². The van der Waals surface area contributed by atoms with Gasteiger partial charge >= 0.3 is 0 Å². The summed E-state index contributed by atoms with van der Waals surface area (Å²) in [6.45, 7) is 2.59. The zero-order valence-corrected chi connectivity index (χ0v) is 14.8. The van der Waals surface area contributed by atoms with Crippen LogP contribution in [-0.2, 0) is 20.3 Å². The summed E-state index contributed by atoms with van der Waals surface area (Å²) in [5, 5.41) is 2.91. The fourth-order valence-electron chi connectivity index (χ4n) is 1.78. The molecule has 0 spiro atoms. The molecule has 2 atom stereocenters. The summed E-state index contributed by atoms with van der Waals surface area (Å²) < 4.78 is 18.0. The van der Waals surface area contributed by atoms with Crippen molar-refractivity contribution in [2.24, 2.45) is 0 Å². The molecule has 0 fully saturated rings. The minimum Gasteiger partial charge on any atom is -0.385 e. The zero-order valence-electron chi connectivity index (χ0n) is 12.4. The van der Waals surface area contributed by atoms with Crippen molar-refractivity contribution in [1.82, 2.24) is 5.32 Å². The molecule has 0 aromatic heterocycles. The molecule has 0 bridgehead atoms. The molecule has 118 valence electrons. The summed E-state index contributed by atoms with van der Waals surface area (Å²) in [5.74, 6) is 0.507. The molecule has 1 aromatic carbocycles. The minimum absolute atomic E-state index is 0.00593. The van der Waals surface area contributed by atoms with Crippen molar-refractivity contribution >= 4 is 32.6 Å². The third-order valence-electron chi connectivity index (χ3n) is 2.97. The van der Waals surface area contributed by atoms with Gasteiger partial charge in [-0.25, -0.2) is 0 Å². The number of halogens is 1. The van der Waals surface area contributed by atoms with E-state index in [1.54, 1.807) is 7.11 Å². The molecule has 0 saturated carbocycles. The van der Waals surface area contributed by atoms with Crippen LogP contribution in [0.2, 0.25) is 0 Å². The average Bonchev–Trinajstić information content (AvgIpc) is 2.45. The average molecular weight is 376 g/mol.